The number of hydrogen-bond acceptors (Lipinski definition) is 3. The van der Waals surface area contributed by atoms with Gasteiger partial charge in [0, 0.05) is 13.1 Å². The second kappa shape index (κ2) is 6.03. The fourth-order valence-electron chi connectivity index (χ4n) is 2.66. The van der Waals surface area contributed by atoms with Crippen LogP contribution in [-0.2, 0) is 6.54 Å². The molecule has 1 aliphatic rings. The first-order chi connectivity index (χ1) is 8.28. The number of aromatic hydroxyl groups is 1. The van der Waals surface area contributed by atoms with E-state index in [2.05, 4.69) is 16.3 Å². The number of nitrogens with zero attached hydrogens (tertiary/aromatic N) is 1. The molecule has 0 aliphatic carbocycles. The Morgan fingerprint density at radius 3 is 3.12 bits per heavy atom. The molecule has 1 aliphatic heterocycles. The molecule has 2 N–H and O–H groups in total. The Kier molecular flexibility index (Phi) is 4.40. The molecule has 1 unspecified atom stereocenters. The summed E-state index contributed by atoms with van der Waals surface area (Å²) in [7, 11) is 2.02. The highest BCUT2D eigenvalue weighted by atomic mass is 16.3. The van der Waals surface area contributed by atoms with Crippen LogP contribution in [0.1, 0.15) is 18.4 Å². The van der Waals surface area contributed by atoms with Crippen molar-refractivity contribution in [2.75, 3.05) is 26.7 Å². The van der Waals surface area contributed by atoms with Crippen LogP contribution in [0.4, 0.5) is 0 Å². The zero-order chi connectivity index (χ0) is 12.1. The summed E-state index contributed by atoms with van der Waals surface area (Å²) in [4.78, 5) is 2.49. The van der Waals surface area contributed by atoms with E-state index >= 15 is 0 Å². The first kappa shape index (κ1) is 12.4. The maximum absolute atomic E-state index is 9.45. The quantitative estimate of drug-likeness (QED) is 0.834. The molecule has 3 nitrogen and oxygen atoms in total. The largest absolute Gasteiger partial charge is 0.508 e. The average Bonchev–Trinajstić information content (AvgIpc) is 2.30. The molecule has 2 rings (SSSR count). The van der Waals surface area contributed by atoms with Crippen LogP contribution in [-0.4, -0.2) is 36.7 Å². The molecule has 0 saturated carbocycles. The van der Waals surface area contributed by atoms with Gasteiger partial charge in [0.25, 0.3) is 0 Å². The molecule has 3 heteroatoms. The number of likely N-dealkylation sites (tertiary alicyclic amines) is 1. The van der Waals surface area contributed by atoms with E-state index in [0.717, 1.165) is 25.6 Å². The molecule has 1 fully saturated rings. The zero-order valence-corrected chi connectivity index (χ0v) is 10.5. The Labute approximate surface area is 103 Å². The summed E-state index contributed by atoms with van der Waals surface area (Å²) in [5, 5.41) is 12.7. The molecule has 17 heavy (non-hydrogen) atoms. The third kappa shape index (κ3) is 3.72. The minimum absolute atomic E-state index is 0.367. The van der Waals surface area contributed by atoms with Gasteiger partial charge in [0.1, 0.15) is 5.75 Å². The standard InChI is InChI=1S/C14H22N2O/c1-15-9-13-5-3-7-16(11-13)10-12-4-2-6-14(17)8-12/h2,4,6,8,13,15,17H,3,5,7,9-11H2,1H3. The highest BCUT2D eigenvalue weighted by Gasteiger charge is 2.19. The van der Waals surface area contributed by atoms with Crippen LogP contribution in [0.2, 0.25) is 0 Å². The number of hydrogen-bond donors (Lipinski definition) is 2. The molecule has 0 amide bonds. The minimum atomic E-state index is 0.367. The number of phenolic OH excluding ortho intramolecular Hbond substituents is 1. The van der Waals surface area contributed by atoms with Gasteiger partial charge in [-0.3, -0.25) is 4.90 Å². The van der Waals surface area contributed by atoms with Crippen molar-refractivity contribution in [2.45, 2.75) is 19.4 Å². The van der Waals surface area contributed by atoms with Crippen molar-refractivity contribution in [3.8, 4) is 5.75 Å². The topological polar surface area (TPSA) is 35.5 Å². The average molecular weight is 234 g/mol. The van der Waals surface area contributed by atoms with E-state index in [9.17, 15) is 5.11 Å². The van der Waals surface area contributed by atoms with Gasteiger partial charge < -0.3 is 10.4 Å². The van der Waals surface area contributed by atoms with Gasteiger partial charge in [-0.05, 0) is 56.6 Å². The number of piperidine rings is 1. The summed E-state index contributed by atoms with van der Waals surface area (Å²) in [6, 6.07) is 7.59. The van der Waals surface area contributed by atoms with E-state index < -0.39 is 0 Å². The molecule has 1 atom stereocenters. The van der Waals surface area contributed by atoms with E-state index in [1.807, 2.05) is 19.2 Å². The van der Waals surface area contributed by atoms with Gasteiger partial charge in [-0.25, -0.2) is 0 Å². The molecule has 1 aromatic carbocycles. The number of rotatable bonds is 4. The highest BCUT2D eigenvalue weighted by Crippen LogP contribution is 2.19. The third-order valence-electron chi connectivity index (χ3n) is 3.41. The van der Waals surface area contributed by atoms with Gasteiger partial charge in [0.15, 0.2) is 0 Å². The molecule has 1 heterocycles. The predicted octanol–water partition coefficient (Wildman–Crippen LogP) is 1.82. The fourth-order valence-corrected chi connectivity index (χ4v) is 2.66. The minimum Gasteiger partial charge on any atom is -0.508 e. The molecular weight excluding hydrogens is 212 g/mol. The molecule has 0 spiro atoms. The van der Waals surface area contributed by atoms with Crippen molar-refractivity contribution in [1.29, 1.82) is 0 Å². The van der Waals surface area contributed by atoms with E-state index in [1.165, 1.54) is 24.9 Å². The smallest absolute Gasteiger partial charge is 0.115 e. The van der Waals surface area contributed by atoms with E-state index in [0.29, 0.717) is 5.75 Å². The predicted molar refractivity (Wildman–Crippen MR) is 70.0 cm³/mol. The molecule has 1 saturated heterocycles. The van der Waals surface area contributed by atoms with Crippen molar-refractivity contribution < 1.29 is 5.11 Å². The molecular formula is C14H22N2O. The Balaban J connectivity index is 1.90. The van der Waals surface area contributed by atoms with Crippen LogP contribution in [0.3, 0.4) is 0 Å². The summed E-state index contributed by atoms with van der Waals surface area (Å²) in [6.07, 6.45) is 2.61. The second-order valence-electron chi connectivity index (χ2n) is 4.97. The molecule has 1 aromatic rings. The van der Waals surface area contributed by atoms with Gasteiger partial charge in [-0.1, -0.05) is 12.1 Å². The lowest BCUT2D eigenvalue weighted by Gasteiger charge is -2.32. The summed E-state index contributed by atoms with van der Waals surface area (Å²) >= 11 is 0. The zero-order valence-electron chi connectivity index (χ0n) is 10.5. The lowest BCUT2D eigenvalue weighted by atomic mass is 9.97. The van der Waals surface area contributed by atoms with E-state index in [1.54, 1.807) is 6.07 Å². The van der Waals surface area contributed by atoms with Crippen LogP contribution in [0.15, 0.2) is 24.3 Å². The van der Waals surface area contributed by atoms with Crippen LogP contribution < -0.4 is 5.32 Å². The van der Waals surface area contributed by atoms with Crippen molar-refractivity contribution in [1.82, 2.24) is 10.2 Å². The molecule has 0 radical (unpaired) electrons. The Morgan fingerprint density at radius 1 is 1.47 bits per heavy atom. The Bertz CT molecular complexity index is 352. The Hall–Kier alpha value is -1.06. The van der Waals surface area contributed by atoms with E-state index in [4.69, 9.17) is 0 Å². The van der Waals surface area contributed by atoms with Crippen LogP contribution in [0.5, 0.6) is 5.75 Å². The van der Waals surface area contributed by atoms with Crippen molar-refractivity contribution in [3.63, 3.8) is 0 Å². The normalized spacial score (nSPS) is 21.6. The summed E-state index contributed by atoms with van der Waals surface area (Å²) in [5.41, 5.74) is 1.20. The molecule has 0 bridgehead atoms. The second-order valence-corrected chi connectivity index (χ2v) is 4.97. The van der Waals surface area contributed by atoms with Crippen LogP contribution >= 0.6 is 0 Å². The summed E-state index contributed by atoms with van der Waals surface area (Å²) < 4.78 is 0. The first-order valence-electron chi connectivity index (χ1n) is 6.43. The fraction of sp³-hybridized carbons (Fsp3) is 0.571. The lowest BCUT2D eigenvalue weighted by Crippen LogP contribution is -2.38. The van der Waals surface area contributed by atoms with Crippen molar-refractivity contribution >= 4 is 0 Å². The third-order valence-corrected chi connectivity index (χ3v) is 3.41. The van der Waals surface area contributed by atoms with E-state index in [-0.39, 0.29) is 0 Å². The van der Waals surface area contributed by atoms with Crippen LogP contribution in [0, 0.1) is 5.92 Å². The van der Waals surface area contributed by atoms with Gasteiger partial charge in [0.05, 0.1) is 0 Å². The number of nitrogens with one attached hydrogen (secondary N) is 1. The van der Waals surface area contributed by atoms with Crippen molar-refractivity contribution in [2.24, 2.45) is 5.92 Å². The van der Waals surface area contributed by atoms with Gasteiger partial charge >= 0.3 is 0 Å². The maximum atomic E-state index is 9.45. The highest BCUT2D eigenvalue weighted by molar-refractivity contribution is 5.27. The van der Waals surface area contributed by atoms with Gasteiger partial charge in [-0.15, -0.1) is 0 Å². The first-order valence-corrected chi connectivity index (χ1v) is 6.43. The number of phenols is 1. The van der Waals surface area contributed by atoms with Crippen LogP contribution in [0.25, 0.3) is 0 Å². The molecule has 0 aromatic heterocycles. The van der Waals surface area contributed by atoms with Crippen molar-refractivity contribution in [3.05, 3.63) is 29.8 Å². The SMILES string of the molecule is CNCC1CCCN(Cc2cccc(O)c2)C1. The number of benzene rings is 1. The monoisotopic (exact) mass is 234 g/mol. The van der Waals surface area contributed by atoms with Gasteiger partial charge in [0.2, 0.25) is 0 Å². The summed E-state index contributed by atoms with van der Waals surface area (Å²) in [6.45, 7) is 4.40. The summed E-state index contributed by atoms with van der Waals surface area (Å²) in [5.74, 6) is 1.14. The maximum Gasteiger partial charge on any atom is 0.115 e. The Morgan fingerprint density at radius 2 is 2.35 bits per heavy atom. The van der Waals surface area contributed by atoms with Gasteiger partial charge in [-0.2, -0.15) is 0 Å². The lowest BCUT2D eigenvalue weighted by molar-refractivity contribution is 0.166. The molecule has 94 valence electrons.